The Labute approximate surface area is 164 Å². The lowest BCUT2D eigenvalue weighted by molar-refractivity contribution is -0.136. The maximum Gasteiger partial charge on any atom is 0.328 e. The van der Waals surface area contributed by atoms with Crippen LogP contribution in [0.15, 0.2) is 36.8 Å². The van der Waals surface area contributed by atoms with Gasteiger partial charge in [-0.3, -0.25) is 24.3 Å². The van der Waals surface area contributed by atoms with E-state index in [0.29, 0.717) is 19.4 Å². The molecule has 0 bridgehead atoms. The Bertz CT molecular complexity index is 857. The third-order valence-corrected chi connectivity index (χ3v) is 5.83. The van der Waals surface area contributed by atoms with Gasteiger partial charge in [-0.15, -0.1) is 0 Å². The third-order valence-electron chi connectivity index (χ3n) is 5.83. The zero-order valence-electron chi connectivity index (χ0n) is 16.4. The lowest BCUT2D eigenvalue weighted by Crippen LogP contribution is -2.56. The van der Waals surface area contributed by atoms with Gasteiger partial charge in [0.05, 0.1) is 18.4 Å². The minimum atomic E-state index is -0.716. The lowest BCUT2D eigenvalue weighted by atomic mass is 9.85. The van der Waals surface area contributed by atoms with E-state index in [2.05, 4.69) is 15.0 Å². The normalized spacial score (nSPS) is 19.8. The molecular formula is C20H26N6O2. The molecule has 0 saturated carbocycles. The average molecular weight is 382 g/mol. The molecule has 0 unspecified atom stereocenters. The van der Waals surface area contributed by atoms with Gasteiger partial charge in [0.2, 0.25) is 0 Å². The Hall–Kier alpha value is -2.74. The molecule has 2 saturated heterocycles. The van der Waals surface area contributed by atoms with E-state index in [1.165, 1.54) is 4.90 Å². The zero-order valence-corrected chi connectivity index (χ0v) is 16.4. The first-order valence-corrected chi connectivity index (χ1v) is 9.77. The number of urea groups is 1. The van der Waals surface area contributed by atoms with E-state index in [9.17, 15) is 9.59 Å². The summed E-state index contributed by atoms with van der Waals surface area (Å²) in [4.78, 5) is 36.1. The van der Waals surface area contributed by atoms with Gasteiger partial charge < -0.3 is 4.90 Å². The number of hydrogen-bond acceptors (Lipinski definition) is 5. The summed E-state index contributed by atoms with van der Waals surface area (Å²) < 4.78 is 1.80. The molecule has 8 nitrogen and oxygen atoms in total. The summed E-state index contributed by atoms with van der Waals surface area (Å²) in [6.45, 7) is 5.08. The van der Waals surface area contributed by atoms with Crippen molar-refractivity contribution in [3.8, 4) is 0 Å². The first-order chi connectivity index (χ1) is 13.5. The second kappa shape index (κ2) is 7.35. The van der Waals surface area contributed by atoms with Crippen molar-refractivity contribution in [1.29, 1.82) is 0 Å². The van der Waals surface area contributed by atoms with Crippen LogP contribution in [0.2, 0.25) is 0 Å². The van der Waals surface area contributed by atoms with E-state index in [4.69, 9.17) is 0 Å². The molecule has 0 radical (unpaired) electrons. The van der Waals surface area contributed by atoms with Crippen LogP contribution in [0, 0.1) is 0 Å². The first-order valence-electron chi connectivity index (χ1n) is 9.77. The van der Waals surface area contributed by atoms with E-state index < -0.39 is 5.54 Å². The van der Waals surface area contributed by atoms with Gasteiger partial charge in [-0.2, -0.15) is 5.10 Å². The summed E-state index contributed by atoms with van der Waals surface area (Å²) >= 11 is 0. The number of likely N-dealkylation sites (tertiary alicyclic amines) is 1. The number of carbonyl (C=O) groups is 2. The van der Waals surface area contributed by atoms with Gasteiger partial charge >= 0.3 is 6.03 Å². The Kier molecular flexibility index (Phi) is 4.89. The highest BCUT2D eigenvalue weighted by atomic mass is 16.2. The standard InChI is InChI=1S/C20H26N6O2/c1-3-26-19(28)25(15-17-6-4-5-9-21-17)18(27)20(26)7-10-24(11-8-20)14-16-12-22-23(2)13-16/h4-6,9,12-13H,3,7-8,10-11,14-15H2,1-2H3. The average Bonchev–Trinajstić information content (AvgIpc) is 3.19. The molecule has 0 N–H and O–H groups in total. The second-order valence-corrected chi connectivity index (χ2v) is 7.57. The molecule has 2 fully saturated rings. The minimum Gasteiger partial charge on any atom is -0.310 e. The van der Waals surface area contributed by atoms with E-state index in [-0.39, 0.29) is 18.5 Å². The summed E-state index contributed by atoms with van der Waals surface area (Å²) in [6, 6.07) is 5.35. The number of aryl methyl sites for hydroxylation is 1. The van der Waals surface area contributed by atoms with Gasteiger partial charge in [-0.25, -0.2) is 4.79 Å². The summed E-state index contributed by atoms with van der Waals surface area (Å²) in [5.74, 6) is -0.0777. The second-order valence-electron chi connectivity index (χ2n) is 7.57. The van der Waals surface area contributed by atoms with Crippen LogP contribution in [-0.2, 0) is 24.9 Å². The van der Waals surface area contributed by atoms with Gasteiger partial charge in [-0.05, 0) is 31.9 Å². The Balaban J connectivity index is 1.48. The van der Waals surface area contributed by atoms with Crippen molar-refractivity contribution in [3.05, 3.63) is 48.0 Å². The topological polar surface area (TPSA) is 74.6 Å². The SMILES string of the molecule is CCN1C(=O)N(Cc2ccccn2)C(=O)C12CCN(Cc1cnn(C)c1)CC2. The zero-order chi connectivity index (χ0) is 19.7. The Morgan fingerprint density at radius 3 is 2.54 bits per heavy atom. The van der Waals surface area contributed by atoms with Crippen molar-refractivity contribution < 1.29 is 9.59 Å². The van der Waals surface area contributed by atoms with E-state index >= 15 is 0 Å². The molecule has 0 aromatic carbocycles. The number of hydrogen-bond donors (Lipinski definition) is 0. The van der Waals surface area contributed by atoms with E-state index in [1.807, 2.05) is 44.6 Å². The van der Waals surface area contributed by atoms with Crippen LogP contribution in [0.3, 0.4) is 0 Å². The molecule has 2 aromatic rings. The molecule has 0 atom stereocenters. The van der Waals surface area contributed by atoms with Crippen molar-refractivity contribution in [2.75, 3.05) is 19.6 Å². The lowest BCUT2D eigenvalue weighted by Gasteiger charge is -2.41. The van der Waals surface area contributed by atoms with Crippen LogP contribution in [0.25, 0.3) is 0 Å². The number of piperidine rings is 1. The number of pyridine rings is 1. The van der Waals surface area contributed by atoms with Gasteiger partial charge in [0.1, 0.15) is 5.54 Å². The largest absolute Gasteiger partial charge is 0.328 e. The summed E-state index contributed by atoms with van der Waals surface area (Å²) in [7, 11) is 1.91. The number of carbonyl (C=O) groups excluding carboxylic acids is 2. The molecule has 3 amide bonds. The molecule has 1 spiro atoms. The fraction of sp³-hybridized carbons (Fsp3) is 0.500. The van der Waals surface area contributed by atoms with Crippen molar-refractivity contribution in [1.82, 2.24) is 29.5 Å². The Morgan fingerprint density at radius 1 is 1.14 bits per heavy atom. The highest BCUT2D eigenvalue weighted by Gasteiger charge is 2.57. The predicted octanol–water partition coefficient (Wildman–Crippen LogP) is 1.63. The summed E-state index contributed by atoms with van der Waals surface area (Å²) in [6.07, 6.45) is 6.89. The maximum atomic E-state index is 13.3. The fourth-order valence-corrected chi connectivity index (χ4v) is 4.39. The van der Waals surface area contributed by atoms with E-state index in [1.54, 1.807) is 15.8 Å². The molecule has 2 aliphatic rings. The highest BCUT2D eigenvalue weighted by Crippen LogP contribution is 2.38. The van der Waals surface area contributed by atoms with Crippen molar-refractivity contribution in [2.24, 2.45) is 7.05 Å². The summed E-state index contributed by atoms with van der Waals surface area (Å²) in [5.41, 5.74) is 1.18. The number of rotatable bonds is 5. The molecule has 0 aliphatic carbocycles. The molecule has 4 rings (SSSR count). The quantitative estimate of drug-likeness (QED) is 0.735. The molecule has 28 heavy (non-hydrogen) atoms. The van der Waals surface area contributed by atoms with Crippen LogP contribution in [-0.4, -0.2) is 66.6 Å². The molecule has 148 valence electrons. The smallest absolute Gasteiger partial charge is 0.310 e. The number of aromatic nitrogens is 3. The van der Waals surface area contributed by atoms with Gasteiger partial charge in [-0.1, -0.05) is 6.07 Å². The third kappa shape index (κ3) is 3.17. The van der Waals surface area contributed by atoms with E-state index in [0.717, 1.165) is 30.9 Å². The molecule has 4 heterocycles. The fourth-order valence-electron chi connectivity index (χ4n) is 4.39. The van der Waals surface area contributed by atoms with Gasteiger partial charge in [0.25, 0.3) is 5.91 Å². The number of imide groups is 1. The molecule has 8 heteroatoms. The van der Waals surface area contributed by atoms with Gasteiger partial charge in [0, 0.05) is 51.2 Å². The highest BCUT2D eigenvalue weighted by molar-refractivity contribution is 6.07. The maximum absolute atomic E-state index is 13.3. The van der Waals surface area contributed by atoms with Crippen molar-refractivity contribution in [2.45, 2.75) is 38.4 Å². The monoisotopic (exact) mass is 382 g/mol. The van der Waals surface area contributed by atoms with Crippen LogP contribution in [0.4, 0.5) is 4.79 Å². The molecular weight excluding hydrogens is 356 g/mol. The van der Waals surface area contributed by atoms with Crippen molar-refractivity contribution in [3.63, 3.8) is 0 Å². The first kappa shape index (κ1) is 18.6. The number of amides is 3. The van der Waals surface area contributed by atoms with Crippen LogP contribution >= 0.6 is 0 Å². The molecule has 2 aromatic heterocycles. The number of nitrogens with zero attached hydrogens (tertiary/aromatic N) is 6. The van der Waals surface area contributed by atoms with Crippen LogP contribution in [0.5, 0.6) is 0 Å². The summed E-state index contributed by atoms with van der Waals surface area (Å²) in [5, 5.41) is 4.22. The van der Waals surface area contributed by atoms with Crippen LogP contribution in [0.1, 0.15) is 31.0 Å². The van der Waals surface area contributed by atoms with Crippen molar-refractivity contribution >= 4 is 11.9 Å². The predicted molar refractivity (Wildman–Crippen MR) is 103 cm³/mol. The number of likely N-dealkylation sites (N-methyl/N-ethyl adjacent to an activating group) is 1. The minimum absolute atomic E-state index is 0.0777. The van der Waals surface area contributed by atoms with Crippen LogP contribution < -0.4 is 0 Å². The van der Waals surface area contributed by atoms with Gasteiger partial charge in [0.15, 0.2) is 0 Å². The Morgan fingerprint density at radius 2 is 1.93 bits per heavy atom. The molecule has 2 aliphatic heterocycles.